The SMILES string of the molecule is O=C(COC(=O)[C@@H]1CCCN1C(=O)NCc1cccc(Br)c1)c1cc2ccccc2s1. The summed E-state index contributed by atoms with van der Waals surface area (Å²) < 4.78 is 7.24. The molecule has 1 aliphatic rings. The Morgan fingerprint density at radius 3 is 2.77 bits per heavy atom. The summed E-state index contributed by atoms with van der Waals surface area (Å²) in [7, 11) is 0. The van der Waals surface area contributed by atoms with Gasteiger partial charge in [0.1, 0.15) is 6.04 Å². The largest absolute Gasteiger partial charge is 0.456 e. The lowest BCUT2D eigenvalue weighted by Gasteiger charge is -2.23. The molecule has 1 saturated heterocycles. The molecule has 0 saturated carbocycles. The van der Waals surface area contributed by atoms with E-state index in [4.69, 9.17) is 4.74 Å². The summed E-state index contributed by atoms with van der Waals surface area (Å²) in [5.74, 6) is -0.775. The fourth-order valence-electron chi connectivity index (χ4n) is 3.60. The Hall–Kier alpha value is -2.71. The maximum absolute atomic E-state index is 12.6. The Labute approximate surface area is 192 Å². The highest BCUT2D eigenvalue weighted by Crippen LogP contribution is 2.26. The van der Waals surface area contributed by atoms with Crippen molar-refractivity contribution in [2.75, 3.05) is 13.2 Å². The van der Waals surface area contributed by atoms with Gasteiger partial charge in [-0.25, -0.2) is 9.59 Å². The van der Waals surface area contributed by atoms with Gasteiger partial charge in [-0.05, 0) is 48.1 Å². The van der Waals surface area contributed by atoms with Crippen LogP contribution < -0.4 is 5.32 Å². The van der Waals surface area contributed by atoms with E-state index >= 15 is 0 Å². The average Bonchev–Trinajstić information content (AvgIpc) is 3.43. The molecular weight excluding hydrogens is 480 g/mol. The van der Waals surface area contributed by atoms with E-state index in [1.54, 1.807) is 0 Å². The van der Waals surface area contributed by atoms with Crippen LogP contribution in [-0.2, 0) is 16.1 Å². The molecule has 0 aliphatic carbocycles. The predicted molar refractivity (Wildman–Crippen MR) is 123 cm³/mol. The fraction of sp³-hybridized carbons (Fsp3) is 0.261. The molecule has 2 amide bonds. The standard InChI is InChI=1S/C23H21BrN2O4S/c24-17-7-3-5-15(11-17)13-25-23(29)26-10-4-8-18(26)22(28)30-14-19(27)21-12-16-6-1-2-9-20(16)31-21/h1-3,5-7,9,11-12,18H,4,8,10,13-14H2,(H,25,29)/t18-/m0/s1. The maximum Gasteiger partial charge on any atom is 0.329 e. The van der Waals surface area contributed by atoms with E-state index in [-0.39, 0.29) is 18.4 Å². The smallest absolute Gasteiger partial charge is 0.329 e. The van der Waals surface area contributed by atoms with E-state index in [1.807, 2.05) is 54.6 Å². The highest BCUT2D eigenvalue weighted by molar-refractivity contribution is 9.10. The van der Waals surface area contributed by atoms with Crippen LogP contribution in [0.3, 0.4) is 0 Å². The number of nitrogens with zero attached hydrogens (tertiary/aromatic N) is 1. The van der Waals surface area contributed by atoms with Gasteiger partial charge in [-0.15, -0.1) is 11.3 Å². The van der Waals surface area contributed by atoms with Gasteiger partial charge in [-0.3, -0.25) is 4.79 Å². The van der Waals surface area contributed by atoms with Crippen molar-refractivity contribution in [1.29, 1.82) is 0 Å². The molecule has 0 radical (unpaired) electrons. The Kier molecular flexibility index (Phi) is 6.67. The summed E-state index contributed by atoms with van der Waals surface area (Å²) in [6.07, 6.45) is 1.24. The quantitative estimate of drug-likeness (QED) is 0.390. The molecule has 1 N–H and O–H groups in total. The number of hydrogen-bond donors (Lipinski definition) is 1. The summed E-state index contributed by atoms with van der Waals surface area (Å²) in [6.45, 7) is 0.519. The van der Waals surface area contributed by atoms with E-state index in [9.17, 15) is 14.4 Å². The van der Waals surface area contributed by atoms with Crippen LogP contribution in [0.5, 0.6) is 0 Å². The molecule has 6 nitrogen and oxygen atoms in total. The van der Waals surface area contributed by atoms with Crippen molar-refractivity contribution in [1.82, 2.24) is 10.2 Å². The van der Waals surface area contributed by atoms with Gasteiger partial charge in [-0.2, -0.15) is 0 Å². The fourth-order valence-corrected chi connectivity index (χ4v) is 5.04. The van der Waals surface area contributed by atoms with Gasteiger partial charge >= 0.3 is 12.0 Å². The summed E-state index contributed by atoms with van der Waals surface area (Å²) in [4.78, 5) is 39.7. The summed E-state index contributed by atoms with van der Waals surface area (Å²) in [6, 6.07) is 16.2. The summed E-state index contributed by atoms with van der Waals surface area (Å²) >= 11 is 4.79. The normalized spacial score (nSPS) is 15.8. The van der Waals surface area contributed by atoms with Gasteiger partial charge in [-0.1, -0.05) is 46.3 Å². The molecule has 2 heterocycles. The van der Waals surface area contributed by atoms with Crippen LogP contribution in [-0.4, -0.2) is 41.9 Å². The third-order valence-corrected chi connectivity index (χ3v) is 6.81. The summed E-state index contributed by atoms with van der Waals surface area (Å²) in [5.41, 5.74) is 0.954. The van der Waals surface area contributed by atoms with E-state index < -0.39 is 12.0 Å². The topological polar surface area (TPSA) is 75.7 Å². The third kappa shape index (κ3) is 5.14. The highest BCUT2D eigenvalue weighted by Gasteiger charge is 2.35. The molecule has 1 aromatic heterocycles. The maximum atomic E-state index is 12.6. The predicted octanol–water partition coefficient (Wildman–Crippen LogP) is 4.76. The Bertz CT molecular complexity index is 1100. The van der Waals surface area contributed by atoms with Crippen LogP contribution in [0.15, 0.2) is 59.1 Å². The molecule has 4 rings (SSSR count). The number of nitrogens with one attached hydrogen (secondary N) is 1. The molecule has 1 atom stereocenters. The zero-order chi connectivity index (χ0) is 21.8. The molecule has 3 aromatic rings. The van der Waals surface area contributed by atoms with E-state index in [2.05, 4.69) is 21.2 Å². The van der Waals surface area contributed by atoms with Crippen molar-refractivity contribution in [3.8, 4) is 0 Å². The highest BCUT2D eigenvalue weighted by atomic mass is 79.9. The van der Waals surface area contributed by atoms with Crippen LogP contribution in [0.1, 0.15) is 28.1 Å². The number of rotatable bonds is 6. The van der Waals surface area contributed by atoms with Crippen molar-refractivity contribution in [3.05, 3.63) is 69.5 Å². The van der Waals surface area contributed by atoms with Gasteiger partial charge in [0.2, 0.25) is 5.78 Å². The minimum Gasteiger partial charge on any atom is -0.456 e. The molecule has 160 valence electrons. The second-order valence-electron chi connectivity index (χ2n) is 7.32. The van der Waals surface area contributed by atoms with Gasteiger partial charge in [0.05, 0.1) is 4.88 Å². The number of carbonyl (C=O) groups is 3. The number of hydrogen-bond acceptors (Lipinski definition) is 5. The molecule has 0 bridgehead atoms. The molecule has 8 heteroatoms. The van der Waals surface area contributed by atoms with Crippen molar-refractivity contribution >= 4 is 55.1 Å². The number of amides is 2. The Morgan fingerprint density at radius 1 is 1.13 bits per heavy atom. The molecule has 0 unspecified atom stereocenters. The Morgan fingerprint density at radius 2 is 1.97 bits per heavy atom. The number of fused-ring (bicyclic) bond motifs is 1. The van der Waals surface area contributed by atoms with Crippen LogP contribution in [0.2, 0.25) is 0 Å². The molecular formula is C23H21BrN2O4S. The van der Waals surface area contributed by atoms with Gasteiger partial charge in [0.15, 0.2) is 6.61 Å². The first kappa shape index (κ1) is 21.5. The third-order valence-electron chi connectivity index (χ3n) is 5.16. The molecule has 1 fully saturated rings. The van der Waals surface area contributed by atoms with Crippen LogP contribution >= 0.6 is 27.3 Å². The molecule has 1 aliphatic heterocycles. The minimum absolute atomic E-state index is 0.238. The Balaban J connectivity index is 1.31. The lowest BCUT2D eigenvalue weighted by Crippen LogP contribution is -2.46. The lowest BCUT2D eigenvalue weighted by molar-refractivity contribution is -0.146. The van der Waals surface area contributed by atoms with Gasteiger partial charge < -0.3 is 15.0 Å². The van der Waals surface area contributed by atoms with E-state index in [0.29, 0.717) is 30.8 Å². The summed E-state index contributed by atoms with van der Waals surface area (Å²) in [5, 5.41) is 3.84. The minimum atomic E-state index is -0.669. The number of carbonyl (C=O) groups excluding carboxylic acids is 3. The lowest BCUT2D eigenvalue weighted by atomic mass is 10.2. The molecule has 0 spiro atoms. The van der Waals surface area contributed by atoms with Crippen molar-refractivity contribution in [2.24, 2.45) is 0 Å². The zero-order valence-corrected chi connectivity index (χ0v) is 19.1. The first-order valence-corrected chi connectivity index (χ1v) is 11.6. The molecule has 2 aromatic carbocycles. The number of benzene rings is 2. The van der Waals surface area contributed by atoms with Crippen LogP contribution in [0.4, 0.5) is 4.79 Å². The molecule has 31 heavy (non-hydrogen) atoms. The second-order valence-corrected chi connectivity index (χ2v) is 9.32. The average molecular weight is 501 g/mol. The second kappa shape index (κ2) is 9.62. The number of ether oxygens (including phenoxy) is 1. The van der Waals surface area contributed by atoms with Gasteiger partial charge in [0.25, 0.3) is 0 Å². The number of esters is 1. The van der Waals surface area contributed by atoms with Crippen molar-refractivity contribution in [2.45, 2.75) is 25.4 Å². The van der Waals surface area contributed by atoms with Gasteiger partial charge in [0, 0.05) is 22.3 Å². The number of halogens is 1. The zero-order valence-electron chi connectivity index (χ0n) is 16.7. The number of Topliss-reactive ketones (excluding diaryl/α,β-unsaturated/α-hetero) is 1. The monoisotopic (exact) mass is 500 g/mol. The van der Waals surface area contributed by atoms with E-state index in [1.165, 1.54) is 16.2 Å². The van der Waals surface area contributed by atoms with E-state index in [0.717, 1.165) is 20.1 Å². The van der Waals surface area contributed by atoms with Crippen molar-refractivity contribution < 1.29 is 19.1 Å². The van der Waals surface area contributed by atoms with Crippen molar-refractivity contribution in [3.63, 3.8) is 0 Å². The number of thiophene rings is 1. The van der Waals surface area contributed by atoms with Crippen LogP contribution in [0.25, 0.3) is 10.1 Å². The first-order valence-electron chi connectivity index (χ1n) is 9.98. The number of ketones is 1. The first-order chi connectivity index (χ1) is 15.0. The number of likely N-dealkylation sites (tertiary alicyclic amines) is 1. The van der Waals surface area contributed by atoms with Crippen LogP contribution in [0, 0.1) is 0 Å². The number of urea groups is 1.